The van der Waals surface area contributed by atoms with E-state index in [-0.39, 0.29) is 5.91 Å². The highest BCUT2D eigenvalue weighted by atomic mass is 19.4. The Morgan fingerprint density at radius 2 is 1.82 bits per heavy atom. The molecular formula is C15H23F3N2O2. The highest BCUT2D eigenvalue weighted by Gasteiger charge is 2.37. The number of alkyl halides is 3. The van der Waals surface area contributed by atoms with Crippen LogP contribution in [0, 0.1) is 0 Å². The van der Waals surface area contributed by atoms with Gasteiger partial charge in [0.05, 0.1) is 0 Å². The van der Waals surface area contributed by atoms with Gasteiger partial charge < -0.3 is 9.80 Å². The fourth-order valence-corrected chi connectivity index (χ4v) is 2.57. The summed E-state index contributed by atoms with van der Waals surface area (Å²) in [5.41, 5.74) is 0. The maximum atomic E-state index is 12.5. The molecule has 0 N–H and O–H groups in total. The number of rotatable bonds is 7. The quantitative estimate of drug-likeness (QED) is 0.677. The van der Waals surface area contributed by atoms with Gasteiger partial charge in [-0.2, -0.15) is 13.2 Å². The maximum absolute atomic E-state index is 12.5. The van der Waals surface area contributed by atoms with Crippen molar-refractivity contribution in [3.8, 4) is 0 Å². The van der Waals surface area contributed by atoms with E-state index in [4.69, 9.17) is 0 Å². The zero-order valence-corrected chi connectivity index (χ0v) is 13.0. The van der Waals surface area contributed by atoms with Gasteiger partial charge in [-0.15, -0.1) is 0 Å². The molecule has 0 radical (unpaired) electrons. The third-order valence-electron chi connectivity index (χ3n) is 3.57. The molecule has 7 heteroatoms. The summed E-state index contributed by atoms with van der Waals surface area (Å²) in [7, 11) is 0. The van der Waals surface area contributed by atoms with Crippen LogP contribution in [0.15, 0.2) is 12.3 Å². The van der Waals surface area contributed by atoms with Crippen molar-refractivity contribution < 1.29 is 22.8 Å². The van der Waals surface area contributed by atoms with E-state index in [1.807, 2.05) is 13.8 Å². The molecular weight excluding hydrogens is 297 g/mol. The first kappa shape index (κ1) is 18.5. The highest BCUT2D eigenvalue weighted by Crippen LogP contribution is 2.22. The Labute approximate surface area is 128 Å². The summed E-state index contributed by atoms with van der Waals surface area (Å²) in [5, 5.41) is 0. The zero-order valence-electron chi connectivity index (χ0n) is 13.0. The Bertz CT molecular complexity index is 416. The van der Waals surface area contributed by atoms with Gasteiger partial charge in [0.1, 0.15) is 6.04 Å². The Kier molecular flexibility index (Phi) is 6.90. The van der Waals surface area contributed by atoms with E-state index >= 15 is 0 Å². The van der Waals surface area contributed by atoms with E-state index in [0.29, 0.717) is 32.1 Å². The average molecular weight is 320 g/mol. The molecule has 0 saturated carbocycles. The molecule has 0 aromatic rings. The van der Waals surface area contributed by atoms with Gasteiger partial charge >= 0.3 is 6.18 Å². The monoisotopic (exact) mass is 320 g/mol. The van der Waals surface area contributed by atoms with Crippen molar-refractivity contribution in [2.45, 2.75) is 51.7 Å². The van der Waals surface area contributed by atoms with E-state index in [2.05, 4.69) is 0 Å². The normalized spacial score (nSPS) is 19.0. The Balaban J connectivity index is 2.75. The van der Waals surface area contributed by atoms with Gasteiger partial charge in [0, 0.05) is 31.9 Å². The van der Waals surface area contributed by atoms with Crippen LogP contribution in [-0.2, 0) is 9.59 Å². The number of halogens is 3. The Morgan fingerprint density at radius 1 is 1.23 bits per heavy atom. The predicted octanol–water partition coefficient (Wildman–Crippen LogP) is 2.74. The SMILES string of the molecule is CCCN(CCC)C(=O)[C@H]1CCCN1/C=C/C(=O)C(F)(F)F. The van der Waals surface area contributed by atoms with Crippen LogP contribution in [0.2, 0.25) is 0 Å². The molecule has 0 aromatic carbocycles. The molecule has 0 bridgehead atoms. The molecule has 1 heterocycles. The van der Waals surface area contributed by atoms with Crippen LogP contribution in [0.5, 0.6) is 0 Å². The largest absolute Gasteiger partial charge is 0.454 e. The summed E-state index contributed by atoms with van der Waals surface area (Å²) in [6.45, 7) is 5.73. The summed E-state index contributed by atoms with van der Waals surface area (Å²) < 4.78 is 36.6. The number of likely N-dealkylation sites (tertiary alicyclic amines) is 1. The second kappa shape index (κ2) is 8.19. The van der Waals surface area contributed by atoms with Crippen molar-refractivity contribution >= 4 is 11.7 Å². The Morgan fingerprint density at radius 3 is 2.32 bits per heavy atom. The summed E-state index contributed by atoms with van der Waals surface area (Å²) in [6, 6.07) is -0.463. The molecule has 0 aliphatic carbocycles. The number of nitrogens with zero attached hydrogens (tertiary/aromatic N) is 2. The number of carbonyl (C=O) groups excluding carboxylic acids is 2. The number of allylic oxidation sites excluding steroid dienone is 1. The summed E-state index contributed by atoms with van der Waals surface area (Å²) in [6.07, 6.45) is -0.245. The molecule has 1 aliphatic heterocycles. The van der Waals surface area contributed by atoms with Gasteiger partial charge in [0.15, 0.2) is 0 Å². The summed E-state index contributed by atoms with van der Waals surface area (Å²) in [5.74, 6) is -1.96. The highest BCUT2D eigenvalue weighted by molar-refractivity contribution is 5.94. The van der Waals surface area contributed by atoms with Crippen LogP contribution < -0.4 is 0 Å². The maximum Gasteiger partial charge on any atom is 0.454 e. The van der Waals surface area contributed by atoms with Gasteiger partial charge in [-0.1, -0.05) is 13.8 Å². The first-order valence-corrected chi connectivity index (χ1v) is 7.65. The van der Waals surface area contributed by atoms with Crippen LogP contribution in [0.1, 0.15) is 39.5 Å². The third-order valence-corrected chi connectivity index (χ3v) is 3.57. The lowest BCUT2D eigenvalue weighted by molar-refractivity contribution is -0.165. The van der Waals surface area contributed by atoms with E-state index in [9.17, 15) is 22.8 Å². The molecule has 1 aliphatic rings. The molecule has 0 spiro atoms. The van der Waals surface area contributed by atoms with Crippen LogP contribution in [0.4, 0.5) is 13.2 Å². The van der Waals surface area contributed by atoms with Crippen molar-refractivity contribution in [3.63, 3.8) is 0 Å². The minimum absolute atomic E-state index is 0.0645. The van der Waals surface area contributed by atoms with Crippen molar-refractivity contribution in [2.75, 3.05) is 19.6 Å². The zero-order chi connectivity index (χ0) is 16.8. The Hall–Kier alpha value is -1.53. The molecule has 1 fully saturated rings. The van der Waals surface area contributed by atoms with Gasteiger partial charge in [-0.3, -0.25) is 9.59 Å². The lowest BCUT2D eigenvalue weighted by Crippen LogP contribution is -2.44. The van der Waals surface area contributed by atoms with Crippen molar-refractivity contribution in [2.24, 2.45) is 0 Å². The van der Waals surface area contributed by atoms with Crippen LogP contribution >= 0.6 is 0 Å². The lowest BCUT2D eigenvalue weighted by atomic mass is 10.2. The molecule has 0 unspecified atom stereocenters. The number of carbonyl (C=O) groups is 2. The van der Waals surface area contributed by atoms with Crippen molar-refractivity contribution in [1.82, 2.24) is 9.80 Å². The standard InChI is InChI=1S/C15H23F3N2O2/c1-3-8-20(9-4-2)14(22)12-6-5-10-19(12)11-7-13(21)15(16,17)18/h7,11-12H,3-6,8-10H2,1-2H3/b11-7+/t12-/m1/s1. The summed E-state index contributed by atoms with van der Waals surface area (Å²) >= 11 is 0. The number of hydrogen-bond acceptors (Lipinski definition) is 3. The molecule has 1 rings (SSSR count). The lowest BCUT2D eigenvalue weighted by Gasteiger charge is -2.29. The fraction of sp³-hybridized carbons (Fsp3) is 0.733. The van der Waals surface area contributed by atoms with Gasteiger partial charge in [0.2, 0.25) is 5.91 Å². The molecule has 22 heavy (non-hydrogen) atoms. The van der Waals surface area contributed by atoms with Crippen molar-refractivity contribution in [1.29, 1.82) is 0 Å². The minimum Gasteiger partial charge on any atom is -0.365 e. The van der Waals surface area contributed by atoms with Gasteiger partial charge in [0.25, 0.3) is 5.78 Å². The van der Waals surface area contributed by atoms with Gasteiger partial charge in [-0.25, -0.2) is 0 Å². The van der Waals surface area contributed by atoms with E-state index in [1.54, 1.807) is 9.80 Å². The second-order valence-corrected chi connectivity index (χ2v) is 5.40. The number of ketones is 1. The first-order chi connectivity index (χ1) is 10.3. The predicted molar refractivity (Wildman–Crippen MR) is 77.1 cm³/mol. The average Bonchev–Trinajstić information content (AvgIpc) is 2.91. The van der Waals surface area contributed by atoms with E-state index in [0.717, 1.165) is 25.5 Å². The van der Waals surface area contributed by atoms with E-state index in [1.165, 1.54) is 0 Å². The van der Waals surface area contributed by atoms with Gasteiger partial charge in [-0.05, 0) is 25.7 Å². The van der Waals surface area contributed by atoms with Crippen LogP contribution in [-0.4, -0.2) is 53.3 Å². The minimum atomic E-state index is -4.87. The second-order valence-electron chi connectivity index (χ2n) is 5.40. The molecule has 1 amide bonds. The van der Waals surface area contributed by atoms with Crippen LogP contribution in [0.3, 0.4) is 0 Å². The summed E-state index contributed by atoms with van der Waals surface area (Å²) in [4.78, 5) is 26.7. The third kappa shape index (κ3) is 5.03. The fourth-order valence-electron chi connectivity index (χ4n) is 2.57. The molecule has 0 aromatic heterocycles. The molecule has 4 nitrogen and oxygen atoms in total. The molecule has 1 atom stereocenters. The topological polar surface area (TPSA) is 40.6 Å². The first-order valence-electron chi connectivity index (χ1n) is 7.65. The van der Waals surface area contributed by atoms with Crippen LogP contribution in [0.25, 0.3) is 0 Å². The van der Waals surface area contributed by atoms with E-state index < -0.39 is 18.0 Å². The van der Waals surface area contributed by atoms with Crippen molar-refractivity contribution in [3.05, 3.63) is 12.3 Å². The number of hydrogen-bond donors (Lipinski definition) is 0. The smallest absolute Gasteiger partial charge is 0.365 e. The number of amides is 1. The molecule has 126 valence electrons. The molecule has 1 saturated heterocycles.